The first-order valence-corrected chi connectivity index (χ1v) is 12.1. The number of anilines is 1. The van der Waals surface area contributed by atoms with Crippen LogP contribution < -0.4 is 5.32 Å². The fourth-order valence-electron chi connectivity index (χ4n) is 4.93. The summed E-state index contributed by atoms with van der Waals surface area (Å²) in [6.45, 7) is 3.25. The molecule has 3 aliphatic rings. The molecule has 7 heteroatoms. The fourth-order valence-corrected chi connectivity index (χ4v) is 6.33. The van der Waals surface area contributed by atoms with E-state index in [9.17, 15) is 13.2 Å². The number of carbonyl (C=O) groups is 1. The zero-order valence-corrected chi connectivity index (χ0v) is 18.3. The summed E-state index contributed by atoms with van der Waals surface area (Å²) in [5.74, 6) is 0.647. The van der Waals surface area contributed by atoms with Gasteiger partial charge < -0.3 is 10.1 Å². The summed E-state index contributed by atoms with van der Waals surface area (Å²) in [7, 11) is -3.50. The summed E-state index contributed by atoms with van der Waals surface area (Å²) < 4.78 is 32.6. The molecule has 162 valence electrons. The zero-order chi connectivity index (χ0) is 21.6. The average Bonchev–Trinajstić information content (AvgIpc) is 3.29. The Bertz CT molecular complexity index is 1130. The van der Waals surface area contributed by atoms with Crippen LogP contribution in [0.25, 0.3) is 0 Å². The fraction of sp³-hybridized carbons (Fsp3) is 0.375. The Labute approximate surface area is 183 Å². The molecule has 2 aliphatic heterocycles. The lowest BCUT2D eigenvalue weighted by atomic mass is 9.76. The van der Waals surface area contributed by atoms with E-state index < -0.39 is 10.0 Å². The lowest BCUT2D eigenvalue weighted by Gasteiger charge is -2.37. The molecule has 6 nitrogen and oxygen atoms in total. The minimum Gasteiger partial charge on any atom is -0.379 e. The number of sulfonamides is 1. The Morgan fingerprint density at radius 1 is 1.10 bits per heavy atom. The van der Waals surface area contributed by atoms with Gasteiger partial charge in [-0.3, -0.25) is 4.79 Å². The van der Waals surface area contributed by atoms with Crippen LogP contribution in [0.1, 0.15) is 46.8 Å². The maximum Gasteiger partial charge on any atom is 0.243 e. The van der Waals surface area contributed by atoms with Gasteiger partial charge in [0.1, 0.15) is 0 Å². The van der Waals surface area contributed by atoms with E-state index in [1.165, 1.54) is 4.31 Å². The molecule has 1 fully saturated rings. The van der Waals surface area contributed by atoms with E-state index in [1.807, 2.05) is 30.3 Å². The second-order valence-electron chi connectivity index (χ2n) is 8.42. The van der Waals surface area contributed by atoms with Crippen molar-refractivity contribution in [2.45, 2.75) is 30.2 Å². The van der Waals surface area contributed by atoms with E-state index in [-0.39, 0.29) is 17.7 Å². The number of hydrogen-bond acceptors (Lipinski definition) is 5. The summed E-state index contributed by atoms with van der Waals surface area (Å²) in [4.78, 5) is 12.2. The number of benzene rings is 2. The lowest BCUT2D eigenvalue weighted by molar-refractivity contribution is 0.0730. The van der Waals surface area contributed by atoms with E-state index in [4.69, 9.17) is 4.74 Å². The first-order valence-electron chi connectivity index (χ1n) is 10.7. The van der Waals surface area contributed by atoms with Crippen LogP contribution in [0.5, 0.6) is 0 Å². The molecule has 0 aromatic heterocycles. The van der Waals surface area contributed by atoms with Gasteiger partial charge in [0.2, 0.25) is 10.0 Å². The lowest BCUT2D eigenvalue weighted by Crippen LogP contribution is -2.40. The van der Waals surface area contributed by atoms with Gasteiger partial charge in [-0.25, -0.2) is 8.42 Å². The number of ketones is 1. The Hall–Kier alpha value is -2.48. The van der Waals surface area contributed by atoms with Crippen LogP contribution in [0.15, 0.2) is 59.5 Å². The number of fused-ring (bicyclic) bond motifs is 3. The quantitative estimate of drug-likeness (QED) is 0.581. The molecule has 0 amide bonds. The Balaban J connectivity index is 1.44. The summed E-state index contributed by atoms with van der Waals surface area (Å²) >= 11 is 0. The Morgan fingerprint density at radius 3 is 2.55 bits per heavy atom. The number of carbonyl (C=O) groups excluding carboxylic acids is 1. The summed E-state index contributed by atoms with van der Waals surface area (Å²) in [5, 5.41) is 3.64. The Kier molecular flexibility index (Phi) is 5.20. The Morgan fingerprint density at radius 2 is 1.84 bits per heavy atom. The molecule has 2 heterocycles. The highest BCUT2D eigenvalue weighted by Gasteiger charge is 2.38. The van der Waals surface area contributed by atoms with Crippen molar-refractivity contribution in [2.24, 2.45) is 5.92 Å². The van der Waals surface area contributed by atoms with Crippen molar-refractivity contribution in [3.05, 3.63) is 71.3 Å². The van der Waals surface area contributed by atoms with Gasteiger partial charge in [-0.05, 0) is 60.7 Å². The highest BCUT2D eigenvalue weighted by molar-refractivity contribution is 7.89. The molecule has 0 spiro atoms. The number of nitrogens with zero attached hydrogens (tertiary/aromatic N) is 1. The minimum atomic E-state index is -3.50. The van der Waals surface area contributed by atoms with Crippen molar-refractivity contribution in [1.29, 1.82) is 0 Å². The molecule has 1 aliphatic carbocycles. The highest BCUT2D eigenvalue weighted by Crippen LogP contribution is 2.50. The van der Waals surface area contributed by atoms with Gasteiger partial charge in [0.05, 0.1) is 24.2 Å². The summed E-state index contributed by atoms with van der Waals surface area (Å²) in [5.41, 5.74) is 4.00. The van der Waals surface area contributed by atoms with Crippen LogP contribution in [-0.2, 0) is 14.8 Å². The predicted octanol–water partition coefficient (Wildman–Crippen LogP) is 3.74. The largest absolute Gasteiger partial charge is 0.379 e. The second kappa shape index (κ2) is 7.89. The maximum absolute atomic E-state index is 12.9. The monoisotopic (exact) mass is 438 g/mol. The van der Waals surface area contributed by atoms with Crippen LogP contribution in [0.3, 0.4) is 0 Å². The molecular formula is C24H26N2O4S. The minimum absolute atomic E-state index is 0.0699. The van der Waals surface area contributed by atoms with Crippen molar-refractivity contribution in [3.63, 3.8) is 0 Å². The molecule has 2 aromatic carbocycles. The third-order valence-corrected chi connectivity index (χ3v) is 8.53. The summed E-state index contributed by atoms with van der Waals surface area (Å²) in [6.07, 6.45) is 5.38. The topological polar surface area (TPSA) is 75.7 Å². The molecule has 0 bridgehead atoms. The molecule has 0 saturated carbocycles. The van der Waals surface area contributed by atoms with Gasteiger partial charge in [-0.1, -0.05) is 24.3 Å². The number of allylic oxidation sites excluding steroid dienone is 2. The number of hydrogen-bond donors (Lipinski definition) is 1. The number of rotatable bonds is 4. The smallest absolute Gasteiger partial charge is 0.243 e. The third kappa shape index (κ3) is 3.60. The molecule has 5 rings (SSSR count). The number of morpholine rings is 1. The van der Waals surface area contributed by atoms with Crippen LogP contribution in [-0.4, -0.2) is 44.8 Å². The number of Topliss-reactive ketones (excluding diaryl/α,β-unsaturated/α-hetero) is 1. The highest BCUT2D eigenvalue weighted by atomic mass is 32.2. The van der Waals surface area contributed by atoms with Crippen LogP contribution >= 0.6 is 0 Å². The van der Waals surface area contributed by atoms with Gasteiger partial charge in [0.25, 0.3) is 0 Å². The normalized spacial score (nSPS) is 25.5. The molecule has 0 unspecified atom stereocenters. The van der Waals surface area contributed by atoms with Crippen LogP contribution in [0.4, 0.5) is 5.69 Å². The molecule has 1 saturated heterocycles. The van der Waals surface area contributed by atoms with E-state index in [1.54, 1.807) is 19.1 Å². The average molecular weight is 439 g/mol. The van der Waals surface area contributed by atoms with Gasteiger partial charge in [-0.2, -0.15) is 4.31 Å². The van der Waals surface area contributed by atoms with Crippen molar-refractivity contribution in [1.82, 2.24) is 4.31 Å². The van der Waals surface area contributed by atoms with Crippen molar-refractivity contribution < 1.29 is 17.9 Å². The van der Waals surface area contributed by atoms with Crippen molar-refractivity contribution >= 4 is 21.5 Å². The molecular weight excluding hydrogens is 412 g/mol. The van der Waals surface area contributed by atoms with Crippen molar-refractivity contribution in [3.8, 4) is 0 Å². The first kappa shape index (κ1) is 20.4. The molecule has 2 aromatic rings. The van der Waals surface area contributed by atoms with Gasteiger partial charge >= 0.3 is 0 Å². The third-order valence-electron chi connectivity index (χ3n) is 6.62. The van der Waals surface area contributed by atoms with Gasteiger partial charge in [0.15, 0.2) is 5.78 Å². The zero-order valence-electron chi connectivity index (χ0n) is 17.5. The molecule has 1 N–H and O–H groups in total. The molecule has 3 atom stereocenters. The summed E-state index contributed by atoms with van der Waals surface area (Å²) in [6, 6.07) is 13.2. The van der Waals surface area contributed by atoms with Gasteiger partial charge in [-0.15, -0.1) is 0 Å². The first-order chi connectivity index (χ1) is 14.9. The van der Waals surface area contributed by atoms with Crippen LogP contribution in [0, 0.1) is 5.92 Å². The number of ether oxygens (including phenoxy) is 1. The van der Waals surface area contributed by atoms with Gasteiger partial charge in [0, 0.05) is 30.3 Å². The van der Waals surface area contributed by atoms with E-state index in [0.717, 1.165) is 28.8 Å². The predicted molar refractivity (Wildman–Crippen MR) is 119 cm³/mol. The standard InChI is InChI=1S/C24H26N2O4S/c1-16(27)18-7-10-23-22(15-18)20-3-2-4-21(20)24(25-23)17-5-8-19(9-6-17)31(28,29)26-11-13-30-14-12-26/h2-3,5-10,15,20-21,24-25H,4,11-14H2,1H3/t20-,21-,24-/m1/s1. The van der Waals surface area contributed by atoms with Crippen LogP contribution in [0.2, 0.25) is 0 Å². The van der Waals surface area contributed by atoms with Crippen molar-refractivity contribution in [2.75, 3.05) is 31.6 Å². The number of nitrogens with one attached hydrogen (secondary N) is 1. The van der Waals surface area contributed by atoms with E-state index >= 15 is 0 Å². The SMILES string of the molecule is CC(=O)c1ccc2c(c1)[C@@H]1C=CC[C@H]1[C@@H](c1ccc(S(=O)(=O)N3CCOCC3)cc1)N2. The molecule has 0 radical (unpaired) electrons. The molecule has 31 heavy (non-hydrogen) atoms. The van der Waals surface area contributed by atoms with E-state index in [2.05, 4.69) is 17.5 Å². The maximum atomic E-state index is 12.9. The van der Waals surface area contributed by atoms with E-state index in [0.29, 0.717) is 37.1 Å². The second-order valence-corrected chi connectivity index (χ2v) is 10.4.